The Labute approximate surface area is 105 Å². The van der Waals surface area contributed by atoms with E-state index in [2.05, 4.69) is 60.2 Å². The molecule has 15 heavy (non-hydrogen) atoms. The van der Waals surface area contributed by atoms with Crippen molar-refractivity contribution in [2.75, 3.05) is 0 Å². The predicted molar refractivity (Wildman–Crippen MR) is 72.1 cm³/mol. The molecule has 1 aromatic carbocycles. The summed E-state index contributed by atoms with van der Waals surface area (Å²) in [6, 6.07) is 4.68. The summed E-state index contributed by atoms with van der Waals surface area (Å²) in [5.74, 6) is 1.31. The maximum absolute atomic E-state index is 2.34. The van der Waals surface area contributed by atoms with Crippen LogP contribution in [0.3, 0.4) is 0 Å². The Morgan fingerprint density at radius 2 is 1.27 bits per heavy atom. The molecule has 0 amide bonds. The molecule has 0 atom stereocenters. The Hall–Kier alpha value is 0.439. The topological polar surface area (TPSA) is 0 Å². The van der Waals surface area contributed by atoms with E-state index in [1.165, 1.54) is 0 Å². The van der Waals surface area contributed by atoms with Gasteiger partial charge in [-0.1, -0.05) is 0 Å². The van der Waals surface area contributed by atoms with Crippen molar-refractivity contribution in [3.05, 3.63) is 23.3 Å². The van der Waals surface area contributed by atoms with Crippen molar-refractivity contribution in [2.24, 2.45) is 0 Å². The number of fused-ring (bicyclic) bond motifs is 1. The van der Waals surface area contributed by atoms with E-state index in [1.807, 2.05) is 0 Å². The molecule has 0 unspecified atom stereocenters. The number of hydrogen-bond acceptors (Lipinski definition) is 2. The van der Waals surface area contributed by atoms with Crippen LogP contribution in [0.1, 0.15) is 50.7 Å². The van der Waals surface area contributed by atoms with Gasteiger partial charge in [-0.3, -0.25) is 0 Å². The summed E-state index contributed by atoms with van der Waals surface area (Å²) in [4.78, 5) is 3.17. The van der Waals surface area contributed by atoms with Gasteiger partial charge in [-0.05, 0) is 0 Å². The predicted octanol–water partition coefficient (Wildman–Crippen LogP) is 4.67. The van der Waals surface area contributed by atoms with E-state index in [0.29, 0.717) is 24.6 Å². The SMILES string of the molecule is CC(C)c1ccc(C(C)C)c2c1S[Se]S2. The van der Waals surface area contributed by atoms with E-state index in [4.69, 9.17) is 0 Å². The van der Waals surface area contributed by atoms with Crippen molar-refractivity contribution in [3.63, 3.8) is 0 Å². The van der Waals surface area contributed by atoms with Gasteiger partial charge in [0.25, 0.3) is 0 Å². The molecule has 1 heterocycles. The standard InChI is InChI=1S/C12H16S2Se/c1-7(2)9-5-6-10(8(3)4)12-11(9)13-15-14-12/h5-8H,1-4H3. The first-order chi connectivity index (χ1) is 7.11. The Bertz CT molecular complexity index is 337. The molecule has 0 fully saturated rings. The fourth-order valence-electron chi connectivity index (χ4n) is 1.76. The van der Waals surface area contributed by atoms with E-state index >= 15 is 0 Å². The second-order valence-electron chi connectivity index (χ2n) is 4.45. The average Bonchev–Trinajstić information content (AvgIpc) is 2.63. The Morgan fingerprint density at radius 1 is 0.867 bits per heavy atom. The summed E-state index contributed by atoms with van der Waals surface area (Å²) < 4.78 is 0. The van der Waals surface area contributed by atoms with Crippen LogP contribution in [-0.2, 0) is 0 Å². The Morgan fingerprint density at radius 3 is 1.60 bits per heavy atom. The average molecular weight is 303 g/mol. The molecule has 2 rings (SSSR count). The van der Waals surface area contributed by atoms with Gasteiger partial charge in [0.2, 0.25) is 0 Å². The molecule has 0 aromatic heterocycles. The zero-order chi connectivity index (χ0) is 11.0. The van der Waals surface area contributed by atoms with E-state index in [9.17, 15) is 0 Å². The second kappa shape index (κ2) is 4.75. The van der Waals surface area contributed by atoms with Crippen LogP contribution in [0.15, 0.2) is 21.9 Å². The molecule has 0 radical (unpaired) electrons. The van der Waals surface area contributed by atoms with Crippen molar-refractivity contribution in [1.29, 1.82) is 0 Å². The Balaban J connectivity index is 2.54. The first kappa shape index (κ1) is 11.9. The third kappa shape index (κ3) is 2.26. The molecule has 0 spiro atoms. The van der Waals surface area contributed by atoms with Crippen molar-refractivity contribution in [2.45, 2.75) is 49.3 Å². The van der Waals surface area contributed by atoms with Gasteiger partial charge in [-0.25, -0.2) is 0 Å². The molecule has 0 N–H and O–H groups in total. The molecule has 0 saturated carbocycles. The molecule has 1 aliphatic rings. The molecular weight excluding hydrogens is 287 g/mol. The molecule has 1 aliphatic heterocycles. The van der Waals surface area contributed by atoms with Crippen molar-refractivity contribution in [3.8, 4) is 0 Å². The molecule has 1 aromatic rings. The van der Waals surface area contributed by atoms with E-state index in [0.717, 1.165) is 0 Å². The third-order valence-electron chi connectivity index (χ3n) is 2.65. The minimum absolute atomic E-state index is 0.655. The summed E-state index contributed by atoms with van der Waals surface area (Å²) in [5.41, 5.74) is 3.09. The van der Waals surface area contributed by atoms with Crippen molar-refractivity contribution >= 4 is 33.1 Å². The monoisotopic (exact) mass is 304 g/mol. The molecule has 0 nitrogen and oxygen atoms in total. The molecule has 0 saturated heterocycles. The normalized spacial score (nSPS) is 15.1. The first-order valence-electron chi connectivity index (χ1n) is 5.29. The van der Waals surface area contributed by atoms with E-state index < -0.39 is 0 Å². The molecular formula is C12H16S2Se. The fourth-order valence-corrected chi connectivity index (χ4v) is 10.1. The van der Waals surface area contributed by atoms with Gasteiger partial charge >= 0.3 is 106 Å². The quantitative estimate of drug-likeness (QED) is 0.728. The van der Waals surface area contributed by atoms with Gasteiger partial charge in [0.05, 0.1) is 0 Å². The van der Waals surface area contributed by atoms with Crippen LogP contribution in [-0.4, -0.2) is 12.7 Å². The summed E-state index contributed by atoms with van der Waals surface area (Å²) in [5, 5.41) is 0. The number of rotatable bonds is 2. The summed E-state index contributed by atoms with van der Waals surface area (Å²) in [6.07, 6.45) is 0. The van der Waals surface area contributed by atoms with Gasteiger partial charge in [0.15, 0.2) is 0 Å². The Kier molecular flexibility index (Phi) is 3.77. The van der Waals surface area contributed by atoms with E-state index in [-0.39, 0.29) is 0 Å². The van der Waals surface area contributed by atoms with E-state index in [1.54, 1.807) is 20.9 Å². The second-order valence-corrected chi connectivity index (χ2v) is 10.8. The molecule has 0 aliphatic carbocycles. The van der Waals surface area contributed by atoms with Crippen LogP contribution >= 0.6 is 20.4 Å². The van der Waals surface area contributed by atoms with Crippen molar-refractivity contribution < 1.29 is 0 Å². The maximum atomic E-state index is 2.34. The number of benzene rings is 1. The zero-order valence-electron chi connectivity index (χ0n) is 9.53. The first-order valence-corrected chi connectivity index (χ1v) is 11.0. The van der Waals surface area contributed by atoms with Crippen LogP contribution < -0.4 is 0 Å². The number of hydrogen-bond donors (Lipinski definition) is 0. The van der Waals surface area contributed by atoms with Crippen molar-refractivity contribution in [1.82, 2.24) is 0 Å². The van der Waals surface area contributed by atoms with Crippen LogP contribution in [0, 0.1) is 0 Å². The summed E-state index contributed by atoms with van der Waals surface area (Å²) >= 11 is 0.664. The summed E-state index contributed by atoms with van der Waals surface area (Å²) in [6.45, 7) is 9.17. The summed E-state index contributed by atoms with van der Waals surface area (Å²) in [7, 11) is 4.16. The third-order valence-corrected chi connectivity index (χ3v) is 9.21. The van der Waals surface area contributed by atoms with Crippen LogP contribution in [0.5, 0.6) is 0 Å². The fraction of sp³-hybridized carbons (Fsp3) is 0.500. The van der Waals surface area contributed by atoms with Gasteiger partial charge in [-0.2, -0.15) is 0 Å². The van der Waals surface area contributed by atoms with Gasteiger partial charge in [0.1, 0.15) is 0 Å². The van der Waals surface area contributed by atoms with Gasteiger partial charge in [0, 0.05) is 0 Å². The molecule has 0 bridgehead atoms. The van der Waals surface area contributed by atoms with Crippen LogP contribution in [0.2, 0.25) is 0 Å². The van der Waals surface area contributed by atoms with Gasteiger partial charge < -0.3 is 0 Å². The van der Waals surface area contributed by atoms with Crippen LogP contribution in [0.25, 0.3) is 0 Å². The van der Waals surface area contributed by atoms with Gasteiger partial charge in [-0.15, -0.1) is 0 Å². The minimum atomic E-state index is 0.655. The van der Waals surface area contributed by atoms with Crippen LogP contribution in [0.4, 0.5) is 0 Å². The zero-order valence-corrected chi connectivity index (χ0v) is 12.9. The molecule has 3 heteroatoms. The molecule has 82 valence electrons.